The van der Waals surface area contributed by atoms with E-state index in [1.54, 1.807) is 18.2 Å². The fourth-order valence-electron chi connectivity index (χ4n) is 2.42. The molecule has 1 aliphatic heterocycles. The highest BCUT2D eigenvalue weighted by Gasteiger charge is 2.32. The Morgan fingerprint density at radius 2 is 2.20 bits per heavy atom. The van der Waals surface area contributed by atoms with E-state index < -0.39 is 10.0 Å². The van der Waals surface area contributed by atoms with Crippen molar-refractivity contribution in [3.8, 4) is 0 Å². The number of nitrogens with zero attached hydrogens (tertiary/aromatic N) is 1. The molecule has 1 atom stereocenters. The van der Waals surface area contributed by atoms with E-state index in [1.807, 2.05) is 13.8 Å². The number of aliphatic hydroxyl groups excluding tert-OH is 1. The molecular formula is C14H21NO4S. The Morgan fingerprint density at radius 1 is 1.45 bits per heavy atom. The van der Waals surface area contributed by atoms with Crippen LogP contribution in [0.2, 0.25) is 0 Å². The molecule has 0 radical (unpaired) electrons. The lowest BCUT2D eigenvalue weighted by Gasteiger charge is -2.32. The van der Waals surface area contributed by atoms with Crippen LogP contribution in [0.5, 0.6) is 0 Å². The van der Waals surface area contributed by atoms with Crippen molar-refractivity contribution in [1.29, 1.82) is 0 Å². The van der Waals surface area contributed by atoms with E-state index in [1.165, 1.54) is 4.31 Å². The molecule has 1 saturated heterocycles. The number of aryl methyl sites for hydroxylation is 1. The molecular weight excluding hydrogens is 278 g/mol. The molecule has 2 rings (SSSR count). The first-order valence-corrected chi connectivity index (χ1v) is 8.27. The van der Waals surface area contributed by atoms with Crippen LogP contribution in [0.1, 0.15) is 25.0 Å². The van der Waals surface area contributed by atoms with E-state index >= 15 is 0 Å². The molecule has 0 bridgehead atoms. The highest BCUT2D eigenvalue weighted by molar-refractivity contribution is 7.89. The SMILES string of the molecule is CCc1ccc(CO)cc1S(=O)(=O)N1CCOCC1C. The lowest BCUT2D eigenvalue weighted by Crippen LogP contribution is -2.47. The van der Waals surface area contributed by atoms with Gasteiger partial charge in [-0.05, 0) is 30.5 Å². The molecule has 1 aromatic rings. The van der Waals surface area contributed by atoms with Crippen molar-refractivity contribution in [3.05, 3.63) is 29.3 Å². The van der Waals surface area contributed by atoms with Crippen LogP contribution >= 0.6 is 0 Å². The van der Waals surface area contributed by atoms with Crippen molar-refractivity contribution in [2.24, 2.45) is 0 Å². The summed E-state index contributed by atoms with van der Waals surface area (Å²) in [6.45, 7) is 4.82. The van der Waals surface area contributed by atoms with Crippen LogP contribution in [0, 0.1) is 0 Å². The summed E-state index contributed by atoms with van der Waals surface area (Å²) in [5.41, 5.74) is 1.39. The van der Waals surface area contributed by atoms with Crippen LogP contribution in [0.4, 0.5) is 0 Å². The Kier molecular flexibility index (Phi) is 4.80. The lowest BCUT2D eigenvalue weighted by molar-refractivity contribution is 0.0392. The molecule has 0 aliphatic carbocycles. The van der Waals surface area contributed by atoms with E-state index in [0.717, 1.165) is 5.56 Å². The first-order valence-electron chi connectivity index (χ1n) is 6.83. The summed E-state index contributed by atoms with van der Waals surface area (Å²) in [5, 5.41) is 9.23. The first-order chi connectivity index (χ1) is 9.50. The van der Waals surface area contributed by atoms with Gasteiger partial charge in [-0.25, -0.2) is 8.42 Å². The average Bonchev–Trinajstić information content (AvgIpc) is 2.46. The molecule has 5 nitrogen and oxygen atoms in total. The summed E-state index contributed by atoms with van der Waals surface area (Å²) < 4.78 is 32.5. The largest absolute Gasteiger partial charge is 0.392 e. The maximum Gasteiger partial charge on any atom is 0.243 e. The Labute approximate surface area is 120 Å². The minimum absolute atomic E-state index is 0.162. The molecule has 20 heavy (non-hydrogen) atoms. The summed E-state index contributed by atoms with van der Waals surface area (Å²) in [5.74, 6) is 0. The van der Waals surface area contributed by atoms with Gasteiger partial charge in [-0.3, -0.25) is 0 Å². The highest BCUT2D eigenvalue weighted by Crippen LogP contribution is 2.25. The number of benzene rings is 1. The monoisotopic (exact) mass is 299 g/mol. The van der Waals surface area contributed by atoms with Crippen molar-refractivity contribution in [1.82, 2.24) is 4.31 Å². The van der Waals surface area contributed by atoms with Crippen molar-refractivity contribution >= 4 is 10.0 Å². The van der Waals surface area contributed by atoms with Gasteiger partial charge < -0.3 is 9.84 Å². The second-order valence-corrected chi connectivity index (χ2v) is 6.85. The van der Waals surface area contributed by atoms with E-state index in [2.05, 4.69) is 0 Å². The molecule has 1 aromatic carbocycles. The first kappa shape index (κ1) is 15.4. The predicted octanol–water partition coefficient (Wildman–Crippen LogP) is 1.15. The normalized spacial score (nSPS) is 21.1. The second kappa shape index (κ2) is 6.22. The molecule has 1 N–H and O–H groups in total. The Hall–Kier alpha value is -0.950. The topological polar surface area (TPSA) is 66.8 Å². The van der Waals surface area contributed by atoms with Gasteiger partial charge >= 0.3 is 0 Å². The van der Waals surface area contributed by atoms with Crippen LogP contribution < -0.4 is 0 Å². The van der Waals surface area contributed by atoms with Crippen molar-refractivity contribution in [2.75, 3.05) is 19.8 Å². The predicted molar refractivity (Wildman–Crippen MR) is 75.9 cm³/mol. The zero-order valence-corrected chi connectivity index (χ0v) is 12.7. The number of sulfonamides is 1. The van der Waals surface area contributed by atoms with Gasteiger partial charge in [0.2, 0.25) is 10.0 Å². The molecule has 1 aliphatic rings. The molecule has 0 amide bonds. The summed E-state index contributed by atoms with van der Waals surface area (Å²) in [6, 6.07) is 4.96. The van der Waals surface area contributed by atoms with Gasteiger partial charge in [0.25, 0.3) is 0 Å². The van der Waals surface area contributed by atoms with Gasteiger partial charge in [0.1, 0.15) is 0 Å². The fourth-order valence-corrected chi connectivity index (χ4v) is 4.37. The molecule has 0 aromatic heterocycles. The Morgan fingerprint density at radius 3 is 2.80 bits per heavy atom. The van der Waals surface area contributed by atoms with E-state index in [0.29, 0.717) is 36.6 Å². The number of aliphatic hydroxyl groups is 1. The van der Waals surface area contributed by atoms with E-state index in [-0.39, 0.29) is 12.6 Å². The Bertz CT molecular complexity index is 571. The third-order valence-corrected chi connectivity index (χ3v) is 5.68. The second-order valence-electron chi connectivity index (χ2n) is 4.99. The molecule has 112 valence electrons. The van der Waals surface area contributed by atoms with Crippen LogP contribution in [-0.2, 0) is 27.8 Å². The number of rotatable bonds is 4. The molecule has 1 heterocycles. The van der Waals surface area contributed by atoms with Gasteiger partial charge in [-0.15, -0.1) is 0 Å². The standard InChI is InChI=1S/C14H21NO4S/c1-3-13-5-4-12(9-16)8-14(13)20(17,18)15-6-7-19-10-11(15)2/h4-5,8,11,16H,3,6-7,9-10H2,1-2H3. The van der Waals surface area contributed by atoms with Crippen molar-refractivity contribution in [3.63, 3.8) is 0 Å². The molecule has 1 fully saturated rings. The fraction of sp³-hybridized carbons (Fsp3) is 0.571. The number of ether oxygens (including phenoxy) is 1. The van der Waals surface area contributed by atoms with Crippen LogP contribution in [-0.4, -0.2) is 43.6 Å². The number of morpholine rings is 1. The summed E-state index contributed by atoms with van der Waals surface area (Å²) >= 11 is 0. The van der Waals surface area contributed by atoms with Gasteiger partial charge in [0, 0.05) is 12.6 Å². The summed E-state index contributed by atoms with van der Waals surface area (Å²) in [7, 11) is -3.54. The number of hydrogen-bond donors (Lipinski definition) is 1. The van der Waals surface area contributed by atoms with E-state index in [4.69, 9.17) is 4.74 Å². The smallest absolute Gasteiger partial charge is 0.243 e. The van der Waals surface area contributed by atoms with Crippen molar-refractivity contribution < 1.29 is 18.3 Å². The van der Waals surface area contributed by atoms with Gasteiger partial charge in [-0.2, -0.15) is 4.31 Å². The quantitative estimate of drug-likeness (QED) is 0.905. The molecule has 0 saturated carbocycles. The molecule has 0 spiro atoms. The van der Waals surface area contributed by atoms with Gasteiger partial charge in [0.05, 0.1) is 24.7 Å². The highest BCUT2D eigenvalue weighted by atomic mass is 32.2. The number of hydrogen-bond acceptors (Lipinski definition) is 4. The lowest BCUT2D eigenvalue weighted by atomic mass is 10.1. The van der Waals surface area contributed by atoms with E-state index in [9.17, 15) is 13.5 Å². The van der Waals surface area contributed by atoms with Gasteiger partial charge in [0.15, 0.2) is 0 Å². The van der Waals surface area contributed by atoms with Gasteiger partial charge in [-0.1, -0.05) is 19.1 Å². The molecule has 1 unspecified atom stereocenters. The minimum Gasteiger partial charge on any atom is -0.392 e. The third-order valence-electron chi connectivity index (χ3n) is 3.59. The van der Waals surface area contributed by atoms with Crippen molar-refractivity contribution in [2.45, 2.75) is 37.8 Å². The maximum atomic E-state index is 12.8. The summed E-state index contributed by atoms with van der Waals surface area (Å²) in [4.78, 5) is 0.306. The molecule has 6 heteroatoms. The zero-order chi connectivity index (χ0) is 14.8. The maximum absolute atomic E-state index is 12.8. The van der Waals surface area contributed by atoms with Crippen LogP contribution in [0.15, 0.2) is 23.1 Å². The zero-order valence-electron chi connectivity index (χ0n) is 11.9. The van der Waals surface area contributed by atoms with Crippen LogP contribution in [0.25, 0.3) is 0 Å². The summed E-state index contributed by atoms with van der Waals surface area (Å²) in [6.07, 6.45) is 0.638. The van der Waals surface area contributed by atoms with Crippen LogP contribution in [0.3, 0.4) is 0 Å². The third kappa shape index (κ3) is 2.88. The average molecular weight is 299 g/mol. The minimum atomic E-state index is -3.54. The Balaban J connectivity index is 2.47.